The predicted molar refractivity (Wildman–Crippen MR) is 140 cm³/mol. The van der Waals surface area contributed by atoms with Gasteiger partial charge in [0.2, 0.25) is 0 Å². The first-order valence-electron chi connectivity index (χ1n) is 11.3. The summed E-state index contributed by atoms with van der Waals surface area (Å²) in [7, 11) is 0. The van der Waals surface area contributed by atoms with E-state index in [1.165, 1.54) is 11.0 Å². The Labute approximate surface area is 212 Å². The van der Waals surface area contributed by atoms with Crippen LogP contribution < -0.4 is 0 Å². The van der Waals surface area contributed by atoms with Crippen molar-refractivity contribution in [3.8, 4) is 0 Å². The Morgan fingerprint density at radius 3 is 2.43 bits per heavy atom. The molecule has 1 aromatic heterocycles. The fourth-order valence-electron chi connectivity index (χ4n) is 4.35. The zero-order valence-corrected chi connectivity index (χ0v) is 20.6. The van der Waals surface area contributed by atoms with Crippen LogP contribution in [0.2, 0.25) is 5.02 Å². The van der Waals surface area contributed by atoms with Gasteiger partial charge in [-0.3, -0.25) is 14.5 Å². The van der Waals surface area contributed by atoms with Gasteiger partial charge in [0.05, 0.1) is 23.5 Å². The predicted octanol–water partition coefficient (Wildman–Crippen LogP) is 7.28. The fraction of sp³-hybridized carbons (Fsp3) is 0.143. The van der Waals surface area contributed by atoms with Gasteiger partial charge < -0.3 is 4.57 Å². The molecule has 0 saturated carbocycles. The number of carbonyl (C=O) groups is 2. The van der Waals surface area contributed by atoms with Crippen LogP contribution in [0, 0.1) is 5.82 Å². The standard InChI is InChI=1S/C28H22ClFN2O2S/c1-2-19-7-5-8-23-21(17-31(26(19)23)16-20-6-3-4-9-24(20)30)14-25-27(33)32(28(34)35-25)15-18-10-12-22(29)13-11-18/h3-14,17H,2,15-16H2,1H3/b25-14-. The van der Waals surface area contributed by atoms with Crippen LogP contribution in [0.1, 0.15) is 29.2 Å². The molecule has 1 fully saturated rings. The van der Waals surface area contributed by atoms with Crippen molar-refractivity contribution in [2.75, 3.05) is 0 Å². The molecule has 176 valence electrons. The zero-order chi connectivity index (χ0) is 24.5. The van der Waals surface area contributed by atoms with Gasteiger partial charge in [-0.2, -0.15) is 0 Å². The Morgan fingerprint density at radius 1 is 0.943 bits per heavy atom. The van der Waals surface area contributed by atoms with E-state index in [0.29, 0.717) is 22.0 Å². The average molecular weight is 505 g/mol. The lowest BCUT2D eigenvalue weighted by atomic mass is 10.1. The van der Waals surface area contributed by atoms with Gasteiger partial charge in [0, 0.05) is 27.7 Å². The summed E-state index contributed by atoms with van der Waals surface area (Å²) < 4.78 is 16.4. The first-order chi connectivity index (χ1) is 16.9. The number of benzene rings is 3. The average Bonchev–Trinajstić information content (AvgIpc) is 3.33. The molecule has 2 amide bonds. The molecule has 0 bridgehead atoms. The number of rotatable bonds is 6. The third kappa shape index (κ3) is 4.64. The minimum atomic E-state index is -0.323. The molecule has 35 heavy (non-hydrogen) atoms. The van der Waals surface area contributed by atoms with Crippen LogP contribution in [0.5, 0.6) is 0 Å². The van der Waals surface area contributed by atoms with Crippen molar-refractivity contribution in [3.05, 3.63) is 111 Å². The van der Waals surface area contributed by atoms with E-state index in [2.05, 4.69) is 13.0 Å². The van der Waals surface area contributed by atoms with Gasteiger partial charge in [0.1, 0.15) is 5.82 Å². The van der Waals surface area contributed by atoms with Crippen LogP contribution in [-0.2, 0) is 24.3 Å². The summed E-state index contributed by atoms with van der Waals surface area (Å²) in [4.78, 5) is 27.4. The first-order valence-corrected chi connectivity index (χ1v) is 12.5. The van der Waals surface area contributed by atoms with Crippen LogP contribution in [0.15, 0.2) is 77.8 Å². The van der Waals surface area contributed by atoms with Crippen LogP contribution in [-0.4, -0.2) is 20.6 Å². The van der Waals surface area contributed by atoms with E-state index >= 15 is 0 Å². The SMILES string of the molecule is CCc1cccc2c(/C=C3\SC(=O)N(Cc4ccc(Cl)cc4)C3=O)cn(Cc3ccccc3F)c12. The maximum Gasteiger partial charge on any atom is 0.293 e. The van der Waals surface area contributed by atoms with E-state index < -0.39 is 0 Å². The van der Waals surface area contributed by atoms with E-state index in [0.717, 1.165) is 45.8 Å². The molecule has 3 aromatic carbocycles. The molecule has 7 heteroatoms. The topological polar surface area (TPSA) is 42.3 Å². The molecule has 5 rings (SSSR count). The highest BCUT2D eigenvalue weighted by atomic mass is 35.5. The molecule has 1 aliphatic rings. The first kappa shape index (κ1) is 23.4. The second-order valence-electron chi connectivity index (χ2n) is 8.36. The van der Waals surface area contributed by atoms with Crippen LogP contribution >= 0.6 is 23.4 Å². The van der Waals surface area contributed by atoms with Gasteiger partial charge in [0.25, 0.3) is 11.1 Å². The van der Waals surface area contributed by atoms with Crippen molar-refractivity contribution >= 4 is 51.5 Å². The molecule has 0 spiro atoms. The summed E-state index contributed by atoms with van der Waals surface area (Å²) in [6.45, 7) is 2.64. The van der Waals surface area contributed by atoms with Crippen molar-refractivity contribution in [1.29, 1.82) is 0 Å². The fourth-order valence-corrected chi connectivity index (χ4v) is 5.31. The number of aryl methyl sites for hydroxylation is 1. The third-order valence-electron chi connectivity index (χ3n) is 6.11. The number of fused-ring (bicyclic) bond motifs is 1. The second-order valence-corrected chi connectivity index (χ2v) is 9.79. The number of carbonyl (C=O) groups excluding carboxylic acids is 2. The number of imide groups is 1. The lowest BCUT2D eigenvalue weighted by Crippen LogP contribution is -2.27. The van der Waals surface area contributed by atoms with Crippen LogP contribution in [0.25, 0.3) is 17.0 Å². The number of hydrogen-bond acceptors (Lipinski definition) is 3. The van der Waals surface area contributed by atoms with E-state index in [1.54, 1.807) is 42.5 Å². The molecule has 0 radical (unpaired) electrons. The highest BCUT2D eigenvalue weighted by molar-refractivity contribution is 8.18. The Bertz CT molecular complexity index is 1480. The molecule has 2 heterocycles. The molecular weight excluding hydrogens is 483 g/mol. The molecule has 0 unspecified atom stereocenters. The van der Waals surface area contributed by atoms with Gasteiger partial charge in [0.15, 0.2) is 0 Å². The maximum atomic E-state index is 14.4. The van der Waals surface area contributed by atoms with Crippen molar-refractivity contribution in [2.24, 2.45) is 0 Å². The number of aromatic nitrogens is 1. The lowest BCUT2D eigenvalue weighted by molar-refractivity contribution is -0.123. The molecule has 0 atom stereocenters. The summed E-state index contributed by atoms with van der Waals surface area (Å²) in [6, 6.07) is 19.9. The second kappa shape index (κ2) is 9.72. The molecule has 1 aliphatic heterocycles. The highest BCUT2D eigenvalue weighted by Crippen LogP contribution is 2.36. The molecule has 0 N–H and O–H groups in total. The molecule has 4 aromatic rings. The van der Waals surface area contributed by atoms with Crippen LogP contribution in [0.4, 0.5) is 9.18 Å². The minimum Gasteiger partial charge on any atom is -0.342 e. The Morgan fingerprint density at radius 2 is 1.69 bits per heavy atom. The number of halogens is 2. The van der Waals surface area contributed by atoms with Gasteiger partial charge >= 0.3 is 0 Å². The van der Waals surface area contributed by atoms with E-state index in [1.807, 2.05) is 29.0 Å². The van der Waals surface area contributed by atoms with Gasteiger partial charge in [-0.05, 0) is 53.6 Å². The largest absolute Gasteiger partial charge is 0.342 e. The Kier molecular flexibility index (Phi) is 6.50. The zero-order valence-electron chi connectivity index (χ0n) is 19.0. The van der Waals surface area contributed by atoms with Gasteiger partial charge in [-0.25, -0.2) is 4.39 Å². The summed E-state index contributed by atoms with van der Waals surface area (Å²) in [6.07, 6.45) is 4.52. The number of hydrogen-bond donors (Lipinski definition) is 0. The highest BCUT2D eigenvalue weighted by Gasteiger charge is 2.35. The summed E-state index contributed by atoms with van der Waals surface area (Å²) in [5.74, 6) is -0.579. The lowest BCUT2D eigenvalue weighted by Gasteiger charge is -2.12. The smallest absolute Gasteiger partial charge is 0.293 e. The normalized spacial score (nSPS) is 15.1. The van der Waals surface area contributed by atoms with Crippen molar-refractivity contribution in [3.63, 3.8) is 0 Å². The number of amides is 2. The van der Waals surface area contributed by atoms with Crippen molar-refractivity contribution < 1.29 is 14.0 Å². The number of para-hydroxylation sites is 1. The summed E-state index contributed by atoms with van der Waals surface area (Å²) >= 11 is 6.88. The minimum absolute atomic E-state index is 0.189. The van der Waals surface area contributed by atoms with E-state index in [4.69, 9.17) is 11.6 Å². The quantitative estimate of drug-likeness (QED) is 0.259. The van der Waals surface area contributed by atoms with Crippen molar-refractivity contribution in [1.82, 2.24) is 9.47 Å². The Hall–Kier alpha value is -3.35. The summed E-state index contributed by atoms with van der Waals surface area (Å²) in [5, 5.41) is 1.26. The third-order valence-corrected chi connectivity index (χ3v) is 7.27. The molecule has 4 nitrogen and oxygen atoms in total. The van der Waals surface area contributed by atoms with E-state index in [-0.39, 0.29) is 23.5 Å². The van der Waals surface area contributed by atoms with Crippen LogP contribution in [0.3, 0.4) is 0 Å². The molecule has 0 aliphatic carbocycles. The van der Waals surface area contributed by atoms with Gasteiger partial charge in [-0.1, -0.05) is 67.1 Å². The Balaban J connectivity index is 1.51. The van der Waals surface area contributed by atoms with Gasteiger partial charge in [-0.15, -0.1) is 0 Å². The molecule has 1 saturated heterocycles. The summed E-state index contributed by atoms with van der Waals surface area (Å²) in [5.41, 5.74) is 4.38. The molecular formula is C28H22ClFN2O2S. The monoisotopic (exact) mass is 504 g/mol. The maximum absolute atomic E-state index is 14.4. The number of nitrogens with zero attached hydrogens (tertiary/aromatic N) is 2. The van der Waals surface area contributed by atoms with Crippen molar-refractivity contribution in [2.45, 2.75) is 26.4 Å². The van der Waals surface area contributed by atoms with E-state index in [9.17, 15) is 14.0 Å². The number of thioether (sulfide) groups is 1.